The molecule has 0 spiro atoms. The van der Waals surface area contributed by atoms with Crippen LogP contribution < -0.4 is 5.32 Å². The van der Waals surface area contributed by atoms with E-state index in [0.29, 0.717) is 6.04 Å². The average molecular weight is 249 g/mol. The molecule has 0 saturated heterocycles. The van der Waals surface area contributed by atoms with Gasteiger partial charge in [0.15, 0.2) is 0 Å². The van der Waals surface area contributed by atoms with E-state index in [1.54, 1.807) is 0 Å². The lowest BCUT2D eigenvalue weighted by molar-refractivity contribution is 0.329. The standard InChI is InChI=1S/C15H23NS/c1-11-8-9-13(16-3)15(10-11)17-14-7-5-4-6-12(14)2/h4-7,11,13,15-16H,8-10H2,1-3H3. The van der Waals surface area contributed by atoms with Gasteiger partial charge in [0.25, 0.3) is 0 Å². The Balaban J connectivity index is 2.07. The molecule has 94 valence electrons. The van der Waals surface area contributed by atoms with Crippen molar-refractivity contribution in [1.82, 2.24) is 5.32 Å². The summed E-state index contributed by atoms with van der Waals surface area (Å²) in [4.78, 5) is 1.45. The highest BCUT2D eigenvalue weighted by atomic mass is 32.2. The van der Waals surface area contributed by atoms with Gasteiger partial charge in [0.05, 0.1) is 0 Å². The van der Waals surface area contributed by atoms with Gasteiger partial charge in [-0.05, 0) is 50.8 Å². The minimum Gasteiger partial charge on any atom is -0.316 e. The maximum Gasteiger partial charge on any atom is 0.0250 e. The summed E-state index contributed by atoms with van der Waals surface area (Å²) in [6, 6.07) is 9.42. The van der Waals surface area contributed by atoms with Crippen molar-refractivity contribution in [3.63, 3.8) is 0 Å². The lowest BCUT2D eigenvalue weighted by atomic mass is 9.87. The zero-order valence-corrected chi connectivity index (χ0v) is 11.9. The molecular formula is C15H23NS. The predicted octanol–water partition coefficient (Wildman–Crippen LogP) is 3.86. The molecule has 0 aliphatic heterocycles. The largest absolute Gasteiger partial charge is 0.316 e. The molecule has 0 bridgehead atoms. The Bertz CT molecular complexity index is 364. The van der Waals surface area contributed by atoms with E-state index < -0.39 is 0 Å². The number of hydrogen-bond acceptors (Lipinski definition) is 2. The SMILES string of the molecule is CNC1CCC(C)CC1Sc1ccccc1C. The molecule has 2 rings (SSSR count). The van der Waals surface area contributed by atoms with E-state index in [2.05, 4.69) is 62.2 Å². The molecule has 3 unspecified atom stereocenters. The van der Waals surface area contributed by atoms with Gasteiger partial charge in [-0.15, -0.1) is 11.8 Å². The molecule has 0 heterocycles. The number of rotatable bonds is 3. The summed E-state index contributed by atoms with van der Waals surface area (Å²) in [6.07, 6.45) is 4.03. The van der Waals surface area contributed by atoms with Gasteiger partial charge >= 0.3 is 0 Å². The van der Waals surface area contributed by atoms with Gasteiger partial charge < -0.3 is 5.32 Å². The molecule has 1 aliphatic rings. The molecule has 1 N–H and O–H groups in total. The van der Waals surface area contributed by atoms with Crippen LogP contribution in [0.1, 0.15) is 31.7 Å². The summed E-state index contributed by atoms with van der Waals surface area (Å²) in [7, 11) is 2.10. The van der Waals surface area contributed by atoms with Crippen molar-refractivity contribution < 1.29 is 0 Å². The summed E-state index contributed by atoms with van der Waals surface area (Å²) in [5.74, 6) is 0.876. The molecule has 0 radical (unpaired) electrons. The molecule has 1 fully saturated rings. The van der Waals surface area contributed by atoms with Crippen LogP contribution in [0.5, 0.6) is 0 Å². The van der Waals surface area contributed by atoms with Crippen LogP contribution in [0.4, 0.5) is 0 Å². The molecule has 1 nitrogen and oxygen atoms in total. The number of aryl methyl sites for hydroxylation is 1. The van der Waals surface area contributed by atoms with Crippen LogP contribution in [0.25, 0.3) is 0 Å². The van der Waals surface area contributed by atoms with E-state index in [1.165, 1.54) is 29.7 Å². The Morgan fingerprint density at radius 3 is 2.71 bits per heavy atom. The lowest BCUT2D eigenvalue weighted by Crippen LogP contribution is -2.40. The van der Waals surface area contributed by atoms with Crippen LogP contribution in [0.15, 0.2) is 29.2 Å². The van der Waals surface area contributed by atoms with Gasteiger partial charge in [0, 0.05) is 16.2 Å². The van der Waals surface area contributed by atoms with Gasteiger partial charge in [0.2, 0.25) is 0 Å². The van der Waals surface area contributed by atoms with Crippen molar-refractivity contribution in [2.45, 2.75) is 49.3 Å². The first-order valence-electron chi connectivity index (χ1n) is 6.60. The normalized spacial score (nSPS) is 29.2. The second-order valence-electron chi connectivity index (χ2n) is 5.24. The van der Waals surface area contributed by atoms with Gasteiger partial charge in [-0.1, -0.05) is 25.1 Å². The highest BCUT2D eigenvalue weighted by molar-refractivity contribution is 8.00. The first-order chi connectivity index (χ1) is 8.20. The molecule has 17 heavy (non-hydrogen) atoms. The maximum atomic E-state index is 3.49. The fourth-order valence-electron chi connectivity index (χ4n) is 2.64. The Labute approximate surface area is 109 Å². The lowest BCUT2D eigenvalue weighted by Gasteiger charge is -2.34. The zero-order valence-electron chi connectivity index (χ0n) is 11.1. The van der Waals surface area contributed by atoms with Gasteiger partial charge in [-0.2, -0.15) is 0 Å². The minimum atomic E-state index is 0.677. The van der Waals surface area contributed by atoms with E-state index >= 15 is 0 Å². The summed E-state index contributed by atoms with van der Waals surface area (Å²) in [5.41, 5.74) is 1.41. The molecule has 0 amide bonds. The third-order valence-electron chi connectivity index (χ3n) is 3.80. The summed E-state index contributed by atoms with van der Waals surface area (Å²) in [5, 5.41) is 4.22. The highest BCUT2D eigenvalue weighted by Gasteiger charge is 2.28. The van der Waals surface area contributed by atoms with E-state index in [0.717, 1.165) is 11.2 Å². The van der Waals surface area contributed by atoms with Crippen LogP contribution in [0.2, 0.25) is 0 Å². The Kier molecular flexibility index (Phi) is 4.52. The van der Waals surface area contributed by atoms with Crippen molar-refractivity contribution >= 4 is 11.8 Å². The van der Waals surface area contributed by atoms with Crippen molar-refractivity contribution in [1.29, 1.82) is 0 Å². The average Bonchev–Trinajstić information content (AvgIpc) is 2.32. The van der Waals surface area contributed by atoms with Gasteiger partial charge in [0.1, 0.15) is 0 Å². The molecule has 1 saturated carbocycles. The molecule has 2 heteroatoms. The number of hydrogen-bond donors (Lipinski definition) is 1. The second-order valence-corrected chi connectivity index (χ2v) is 6.52. The van der Waals surface area contributed by atoms with E-state index in [1.807, 2.05) is 0 Å². The van der Waals surface area contributed by atoms with Crippen molar-refractivity contribution in [3.05, 3.63) is 29.8 Å². The second kappa shape index (κ2) is 5.92. The van der Waals surface area contributed by atoms with E-state index in [9.17, 15) is 0 Å². The Morgan fingerprint density at radius 1 is 1.24 bits per heavy atom. The van der Waals surface area contributed by atoms with Crippen molar-refractivity contribution in [3.8, 4) is 0 Å². The fraction of sp³-hybridized carbons (Fsp3) is 0.600. The smallest absolute Gasteiger partial charge is 0.0250 e. The Hall–Kier alpha value is -0.470. The number of benzene rings is 1. The molecule has 3 atom stereocenters. The third kappa shape index (κ3) is 3.26. The maximum absolute atomic E-state index is 3.49. The fourth-order valence-corrected chi connectivity index (χ4v) is 4.24. The highest BCUT2D eigenvalue weighted by Crippen LogP contribution is 2.37. The summed E-state index contributed by atoms with van der Waals surface area (Å²) >= 11 is 2.07. The summed E-state index contributed by atoms with van der Waals surface area (Å²) in [6.45, 7) is 4.60. The predicted molar refractivity (Wildman–Crippen MR) is 76.7 cm³/mol. The molecule has 1 aromatic carbocycles. The molecule has 0 aromatic heterocycles. The van der Waals surface area contributed by atoms with Crippen LogP contribution in [-0.4, -0.2) is 18.3 Å². The van der Waals surface area contributed by atoms with Gasteiger partial charge in [-0.3, -0.25) is 0 Å². The monoisotopic (exact) mass is 249 g/mol. The third-order valence-corrected chi connectivity index (χ3v) is 5.33. The van der Waals surface area contributed by atoms with Crippen LogP contribution in [-0.2, 0) is 0 Å². The van der Waals surface area contributed by atoms with Crippen LogP contribution >= 0.6 is 11.8 Å². The number of nitrogens with one attached hydrogen (secondary N) is 1. The topological polar surface area (TPSA) is 12.0 Å². The molecular weight excluding hydrogens is 226 g/mol. The van der Waals surface area contributed by atoms with Crippen LogP contribution in [0.3, 0.4) is 0 Å². The first-order valence-corrected chi connectivity index (χ1v) is 7.48. The molecule has 1 aromatic rings. The quantitative estimate of drug-likeness (QED) is 0.873. The zero-order chi connectivity index (χ0) is 12.3. The summed E-state index contributed by atoms with van der Waals surface area (Å²) < 4.78 is 0. The first kappa shape index (κ1) is 13.0. The van der Waals surface area contributed by atoms with Crippen LogP contribution in [0, 0.1) is 12.8 Å². The van der Waals surface area contributed by atoms with E-state index in [4.69, 9.17) is 0 Å². The minimum absolute atomic E-state index is 0.677. The van der Waals surface area contributed by atoms with E-state index in [-0.39, 0.29) is 0 Å². The number of thioether (sulfide) groups is 1. The van der Waals surface area contributed by atoms with Crippen molar-refractivity contribution in [2.75, 3.05) is 7.05 Å². The van der Waals surface area contributed by atoms with Gasteiger partial charge in [-0.25, -0.2) is 0 Å². The Morgan fingerprint density at radius 2 is 2.00 bits per heavy atom. The van der Waals surface area contributed by atoms with Crippen molar-refractivity contribution in [2.24, 2.45) is 5.92 Å². The molecule has 1 aliphatic carbocycles.